The summed E-state index contributed by atoms with van der Waals surface area (Å²) in [6, 6.07) is 25.0. The molecule has 0 saturated heterocycles. The molecule has 4 aromatic rings. The third kappa shape index (κ3) is 8.14. The number of thiophene rings is 1. The zero-order valence-corrected chi connectivity index (χ0v) is 25.0. The Morgan fingerprint density at radius 3 is 2.09 bits per heavy atom. The fraction of sp³-hybridized carbons (Fsp3) is 0.219. The number of benzene rings is 3. The van der Waals surface area contributed by atoms with E-state index in [0.717, 1.165) is 16.7 Å². The highest BCUT2D eigenvalue weighted by atomic mass is 32.1. The van der Waals surface area contributed by atoms with E-state index < -0.39 is 49.8 Å². The molecule has 222 valence electrons. The number of carbonyl (C=O) groups is 3. The lowest BCUT2D eigenvalue weighted by Gasteiger charge is -2.36. The molecule has 0 spiro atoms. The van der Waals surface area contributed by atoms with Gasteiger partial charge in [0.15, 0.2) is 13.8 Å². The summed E-state index contributed by atoms with van der Waals surface area (Å²) >= 11 is 1.28. The highest BCUT2D eigenvalue weighted by molar-refractivity contribution is 7.25. The van der Waals surface area contributed by atoms with Gasteiger partial charge in [0.1, 0.15) is 12.6 Å². The van der Waals surface area contributed by atoms with Crippen LogP contribution in [0.2, 0.25) is 0 Å². The van der Waals surface area contributed by atoms with Crippen LogP contribution in [0.5, 0.6) is 0 Å². The summed E-state index contributed by atoms with van der Waals surface area (Å²) in [5.74, 6) is -3.57. The van der Waals surface area contributed by atoms with Crippen molar-refractivity contribution in [2.24, 2.45) is 5.92 Å². The van der Waals surface area contributed by atoms with Crippen LogP contribution in [0.1, 0.15) is 29.7 Å². The molecule has 0 bridgehead atoms. The van der Waals surface area contributed by atoms with Crippen molar-refractivity contribution in [3.63, 3.8) is 0 Å². The molecule has 4 N–H and O–H groups in total. The van der Waals surface area contributed by atoms with E-state index in [-0.39, 0.29) is 13.0 Å². The van der Waals surface area contributed by atoms with Gasteiger partial charge in [-0.25, -0.2) is 4.79 Å². The van der Waals surface area contributed by atoms with Crippen LogP contribution in [0.4, 0.5) is 4.79 Å². The van der Waals surface area contributed by atoms with Crippen molar-refractivity contribution < 1.29 is 33.9 Å². The van der Waals surface area contributed by atoms with Crippen LogP contribution in [0.3, 0.4) is 0 Å². The van der Waals surface area contributed by atoms with E-state index in [1.54, 1.807) is 53.2 Å². The van der Waals surface area contributed by atoms with Gasteiger partial charge in [0.2, 0.25) is 5.91 Å². The summed E-state index contributed by atoms with van der Waals surface area (Å²) in [6.07, 6.45) is -1.01. The molecular formula is C32H31N2O7PS. The van der Waals surface area contributed by atoms with E-state index in [9.17, 15) is 29.2 Å². The molecule has 11 heteroatoms. The third-order valence-corrected chi connectivity index (χ3v) is 8.55. The summed E-state index contributed by atoms with van der Waals surface area (Å²) in [5.41, 5.74) is 3.68. The second-order valence-electron chi connectivity index (χ2n) is 9.96. The Bertz CT molecular complexity index is 1520. The summed E-state index contributed by atoms with van der Waals surface area (Å²) in [6.45, 7) is 1.24. The molecule has 4 rings (SSSR count). The lowest BCUT2D eigenvalue weighted by Crippen LogP contribution is -2.54. The minimum Gasteiger partial charge on any atom is -0.480 e. The minimum absolute atomic E-state index is 0.0512. The normalized spacial score (nSPS) is 14.6. The number of amides is 2. The highest BCUT2D eigenvalue weighted by Crippen LogP contribution is 2.43. The fourth-order valence-corrected chi connectivity index (χ4v) is 5.93. The average molecular weight is 619 g/mol. The van der Waals surface area contributed by atoms with Gasteiger partial charge in [0.25, 0.3) is 0 Å². The van der Waals surface area contributed by atoms with Gasteiger partial charge in [0, 0.05) is 0 Å². The number of carboxylic acid groups (broad SMARTS) is 1. The number of alkyl carbamates (subject to hydrolysis) is 1. The number of carboxylic acids is 1. The Morgan fingerprint density at radius 1 is 0.884 bits per heavy atom. The Labute approximate surface area is 254 Å². The molecule has 1 aromatic heterocycles. The SMILES string of the molecule is CC(NC(=O)C(Cc1ccc(-c2ccccc2)cc1)C(O)(P=O)C(NC(=O)OCc1ccccc1)c1ccsc1)C(=O)O. The van der Waals surface area contributed by atoms with Gasteiger partial charge in [-0.1, -0.05) is 84.9 Å². The topological polar surface area (TPSA) is 142 Å². The van der Waals surface area contributed by atoms with E-state index in [1.807, 2.05) is 48.5 Å². The van der Waals surface area contributed by atoms with Gasteiger partial charge in [0.05, 0.1) is 12.0 Å². The predicted molar refractivity (Wildman–Crippen MR) is 164 cm³/mol. The Hall–Kier alpha value is -4.37. The van der Waals surface area contributed by atoms with Crippen LogP contribution in [0, 0.1) is 5.92 Å². The second kappa shape index (κ2) is 14.7. The number of carbonyl (C=O) groups excluding carboxylic acids is 2. The van der Waals surface area contributed by atoms with Crippen molar-refractivity contribution in [3.05, 3.63) is 118 Å². The van der Waals surface area contributed by atoms with Gasteiger partial charge in [-0.05, 0) is 58.0 Å². The molecule has 0 fully saturated rings. The van der Waals surface area contributed by atoms with Crippen LogP contribution >= 0.6 is 19.8 Å². The van der Waals surface area contributed by atoms with E-state index in [2.05, 4.69) is 10.6 Å². The molecule has 2 amide bonds. The van der Waals surface area contributed by atoms with Crippen molar-refractivity contribution in [2.45, 2.75) is 37.4 Å². The summed E-state index contributed by atoms with van der Waals surface area (Å²) in [7, 11) is -0.862. The van der Waals surface area contributed by atoms with Crippen molar-refractivity contribution in [1.82, 2.24) is 10.6 Å². The molecule has 0 radical (unpaired) electrons. The summed E-state index contributed by atoms with van der Waals surface area (Å²) < 4.78 is 18.2. The molecule has 0 aliphatic heterocycles. The molecule has 43 heavy (non-hydrogen) atoms. The molecule has 1 heterocycles. The third-order valence-electron chi connectivity index (χ3n) is 6.98. The maximum Gasteiger partial charge on any atom is 0.408 e. The van der Waals surface area contributed by atoms with Crippen LogP contribution in [0.25, 0.3) is 11.1 Å². The first-order chi connectivity index (χ1) is 20.7. The maximum absolute atomic E-state index is 13.6. The number of aliphatic hydroxyl groups is 1. The van der Waals surface area contributed by atoms with E-state index in [0.29, 0.717) is 11.1 Å². The minimum atomic E-state index is -2.40. The summed E-state index contributed by atoms with van der Waals surface area (Å²) in [5, 5.41) is 27.5. The Balaban J connectivity index is 1.66. The number of nitrogens with one attached hydrogen (secondary N) is 2. The fourth-order valence-electron chi connectivity index (χ4n) is 4.59. The Morgan fingerprint density at radius 2 is 1.51 bits per heavy atom. The quantitative estimate of drug-likeness (QED) is 0.139. The average Bonchev–Trinajstić information content (AvgIpc) is 3.57. The van der Waals surface area contributed by atoms with Gasteiger partial charge in [-0.3, -0.25) is 14.2 Å². The first-order valence-corrected chi connectivity index (χ1v) is 15.2. The monoisotopic (exact) mass is 618 g/mol. The number of hydrogen-bond donors (Lipinski definition) is 4. The molecule has 3 aromatic carbocycles. The van der Waals surface area contributed by atoms with Gasteiger partial charge in [-0.2, -0.15) is 11.3 Å². The van der Waals surface area contributed by atoms with E-state index in [1.165, 1.54) is 18.3 Å². The standard InChI is InChI=1S/C32H31N2O7PS/c1-21(30(36)37)33-29(35)27(18-22-12-14-25(15-13-22)24-10-6-3-7-11-24)32(39,42-40)28(26-16-17-43-20-26)34-31(38)41-19-23-8-4-2-5-9-23/h2-17,20-21,27-28,39H,18-19H2,1H3,(H,33,35)(H,34,38)(H,36,37). The zero-order valence-electron chi connectivity index (χ0n) is 23.3. The van der Waals surface area contributed by atoms with Gasteiger partial charge >= 0.3 is 12.1 Å². The molecule has 0 aliphatic carbocycles. The number of ether oxygens (including phenoxy) is 1. The van der Waals surface area contributed by atoms with Crippen molar-refractivity contribution in [2.75, 3.05) is 0 Å². The van der Waals surface area contributed by atoms with Gasteiger partial charge < -0.3 is 25.6 Å². The second-order valence-corrected chi connectivity index (χ2v) is 11.6. The smallest absolute Gasteiger partial charge is 0.408 e. The first kappa shape index (κ1) is 31.6. The molecule has 0 aliphatic rings. The van der Waals surface area contributed by atoms with Crippen LogP contribution in [-0.2, 0) is 31.9 Å². The number of aliphatic carboxylic acids is 1. The molecule has 4 unspecified atom stereocenters. The summed E-state index contributed by atoms with van der Waals surface area (Å²) in [4.78, 5) is 38.1. The zero-order chi connectivity index (χ0) is 30.8. The predicted octanol–water partition coefficient (Wildman–Crippen LogP) is 5.81. The molecular weight excluding hydrogens is 587 g/mol. The number of hydrogen-bond acceptors (Lipinski definition) is 7. The van der Waals surface area contributed by atoms with Crippen LogP contribution in [-0.4, -0.2) is 39.6 Å². The molecule has 9 nitrogen and oxygen atoms in total. The largest absolute Gasteiger partial charge is 0.480 e. The lowest BCUT2D eigenvalue weighted by molar-refractivity contribution is -0.143. The van der Waals surface area contributed by atoms with Crippen molar-refractivity contribution >= 4 is 37.8 Å². The highest BCUT2D eigenvalue weighted by Gasteiger charge is 2.51. The van der Waals surface area contributed by atoms with E-state index >= 15 is 0 Å². The molecule has 4 atom stereocenters. The van der Waals surface area contributed by atoms with E-state index in [4.69, 9.17) is 4.74 Å². The first-order valence-electron chi connectivity index (χ1n) is 13.4. The van der Waals surface area contributed by atoms with Gasteiger partial charge in [-0.15, -0.1) is 0 Å². The van der Waals surface area contributed by atoms with Crippen LogP contribution < -0.4 is 10.6 Å². The van der Waals surface area contributed by atoms with Crippen molar-refractivity contribution in [3.8, 4) is 11.1 Å². The van der Waals surface area contributed by atoms with Crippen LogP contribution in [0.15, 0.2) is 102 Å². The molecule has 0 saturated carbocycles. The maximum atomic E-state index is 13.6. The number of rotatable bonds is 13. The Kier molecular flexibility index (Phi) is 10.8. The van der Waals surface area contributed by atoms with Crippen molar-refractivity contribution in [1.29, 1.82) is 0 Å². The lowest BCUT2D eigenvalue weighted by atomic mass is 9.85.